The molecule has 0 unspecified atom stereocenters. The van der Waals surface area contributed by atoms with Gasteiger partial charge in [-0.15, -0.1) is 11.3 Å². The van der Waals surface area contributed by atoms with E-state index < -0.39 is 0 Å². The summed E-state index contributed by atoms with van der Waals surface area (Å²) in [6.45, 7) is 4.14. The van der Waals surface area contributed by atoms with Crippen molar-refractivity contribution in [1.82, 2.24) is 4.98 Å². The maximum Gasteiger partial charge on any atom is 0.350 e. The zero-order valence-electron chi connectivity index (χ0n) is 9.78. The summed E-state index contributed by atoms with van der Waals surface area (Å²) in [6.07, 6.45) is 5.01. The number of aromatic nitrogens is 1. The first kappa shape index (κ1) is 11.6. The van der Waals surface area contributed by atoms with Crippen LogP contribution in [0.1, 0.15) is 58.9 Å². The third kappa shape index (κ3) is 2.26. The molecule has 0 aromatic carbocycles. The lowest BCUT2D eigenvalue weighted by Crippen LogP contribution is -2.03. The highest BCUT2D eigenvalue weighted by Crippen LogP contribution is 2.37. The van der Waals surface area contributed by atoms with E-state index in [-0.39, 0.29) is 5.97 Å². The van der Waals surface area contributed by atoms with Gasteiger partial charge in [0.15, 0.2) is 0 Å². The Morgan fingerprint density at radius 1 is 1.50 bits per heavy atom. The Bertz CT molecular complexity index is 380. The summed E-state index contributed by atoms with van der Waals surface area (Å²) in [5.41, 5.74) is 0.824. The summed E-state index contributed by atoms with van der Waals surface area (Å²) in [4.78, 5) is 16.8. The Morgan fingerprint density at radius 2 is 2.19 bits per heavy atom. The molecule has 1 aliphatic carbocycles. The minimum Gasteiger partial charge on any atom is -0.462 e. The van der Waals surface area contributed by atoms with Crippen LogP contribution in [0.25, 0.3) is 0 Å². The number of ether oxygens (including phenoxy) is 1. The van der Waals surface area contributed by atoms with Crippen molar-refractivity contribution in [3.8, 4) is 0 Å². The zero-order valence-corrected chi connectivity index (χ0v) is 10.6. The average Bonchev–Trinajstić information content (AvgIpc) is 2.86. The van der Waals surface area contributed by atoms with Crippen LogP contribution >= 0.6 is 11.3 Å². The number of hydrogen-bond donors (Lipinski definition) is 0. The third-order valence-electron chi connectivity index (χ3n) is 2.98. The molecule has 1 heterocycles. The predicted octanol–water partition coefficient (Wildman–Crippen LogP) is 3.29. The Labute approximate surface area is 99.8 Å². The molecule has 0 aliphatic heterocycles. The van der Waals surface area contributed by atoms with Crippen LogP contribution in [0.5, 0.6) is 0 Å². The van der Waals surface area contributed by atoms with E-state index in [0.29, 0.717) is 17.4 Å². The Kier molecular flexibility index (Phi) is 3.59. The second-order valence-electron chi connectivity index (χ2n) is 4.17. The van der Waals surface area contributed by atoms with E-state index in [9.17, 15) is 4.79 Å². The summed E-state index contributed by atoms with van der Waals surface area (Å²) >= 11 is 1.52. The molecule has 1 fully saturated rings. The molecule has 4 heteroatoms. The maximum atomic E-state index is 11.6. The molecule has 3 nitrogen and oxygen atoms in total. The van der Waals surface area contributed by atoms with E-state index >= 15 is 0 Å². The lowest BCUT2D eigenvalue weighted by molar-refractivity contribution is 0.0531. The Morgan fingerprint density at radius 3 is 2.81 bits per heavy atom. The molecule has 1 saturated carbocycles. The fourth-order valence-corrected chi connectivity index (χ4v) is 3.28. The summed E-state index contributed by atoms with van der Waals surface area (Å²) in [5.74, 6) is 0.355. The molecule has 1 aromatic rings. The minimum atomic E-state index is -0.221. The first-order valence-corrected chi connectivity index (χ1v) is 6.68. The van der Waals surface area contributed by atoms with Crippen LogP contribution < -0.4 is 0 Å². The number of aryl methyl sites for hydroxylation is 1. The quantitative estimate of drug-likeness (QED) is 0.760. The fourth-order valence-electron chi connectivity index (χ4n) is 2.15. The van der Waals surface area contributed by atoms with Crippen molar-refractivity contribution in [2.45, 2.75) is 45.4 Å². The van der Waals surface area contributed by atoms with Crippen LogP contribution in [0.2, 0.25) is 0 Å². The summed E-state index contributed by atoms with van der Waals surface area (Å²) in [6, 6.07) is 0. The predicted molar refractivity (Wildman–Crippen MR) is 64.0 cm³/mol. The summed E-state index contributed by atoms with van der Waals surface area (Å²) in [7, 11) is 0. The van der Waals surface area contributed by atoms with Crippen LogP contribution in [-0.2, 0) is 4.74 Å². The smallest absolute Gasteiger partial charge is 0.350 e. The lowest BCUT2D eigenvalue weighted by Gasteiger charge is -2.02. The van der Waals surface area contributed by atoms with Gasteiger partial charge >= 0.3 is 5.97 Å². The van der Waals surface area contributed by atoms with Gasteiger partial charge in [0.2, 0.25) is 0 Å². The molecule has 1 aromatic heterocycles. The number of thiazole rings is 1. The minimum absolute atomic E-state index is 0.221. The fraction of sp³-hybridized carbons (Fsp3) is 0.667. The number of esters is 1. The number of hydrogen-bond acceptors (Lipinski definition) is 4. The van der Waals surface area contributed by atoms with Gasteiger partial charge in [0, 0.05) is 5.92 Å². The lowest BCUT2D eigenvalue weighted by atomic mass is 10.1. The van der Waals surface area contributed by atoms with E-state index in [4.69, 9.17) is 4.74 Å². The van der Waals surface area contributed by atoms with Gasteiger partial charge in [0.05, 0.1) is 17.3 Å². The molecular weight excluding hydrogens is 222 g/mol. The summed E-state index contributed by atoms with van der Waals surface area (Å²) < 4.78 is 5.02. The van der Waals surface area contributed by atoms with E-state index in [1.165, 1.54) is 37.0 Å². The largest absolute Gasteiger partial charge is 0.462 e. The van der Waals surface area contributed by atoms with E-state index in [2.05, 4.69) is 4.98 Å². The van der Waals surface area contributed by atoms with Gasteiger partial charge in [0.25, 0.3) is 0 Å². The first-order chi connectivity index (χ1) is 7.72. The molecular formula is C12H17NO2S. The molecule has 1 aliphatic rings. The van der Waals surface area contributed by atoms with Crippen LogP contribution in [-0.4, -0.2) is 17.6 Å². The number of rotatable bonds is 3. The van der Waals surface area contributed by atoms with Gasteiger partial charge in [-0.05, 0) is 26.7 Å². The monoisotopic (exact) mass is 239 g/mol. The van der Waals surface area contributed by atoms with Gasteiger partial charge in [0.1, 0.15) is 4.88 Å². The molecule has 2 rings (SSSR count). The zero-order chi connectivity index (χ0) is 11.5. The molecule has 0 atom stereocenters. The van der Waals surface area contributed by atoms with Crippen LogP contribution in [0.4, 0.5) is 0 Å². The van der Waals surface area contributed by atoms with Crippen molar-refractivity contribution in [3.05, 3.63) is 15.6 Å². The topological polar surface area (TPSA) is 39.2 Å². The first-order valence-electron chi connectivity index (χ1n) is 5.86. The highest BCUT2D eigenvalue weighted by atomic mass is 32.1. The van der Waals surface area contributed by atoms with Crippen molar-refractivity contribution in [2.75, 3.05) is 6.61 Å². The average molecular weight is 239 g/mol. The van der Waals surface area contributed by atoms with Gasteiger partial charge in [-0.2, -0.15) is 0 Å². The molecule has 16 heavy (non-hydrogen) atoms. The molecule has 0 amide bonds. The number of nitrogens with zero attached hydrogens (tertiary/aromatic N) is 1. The van der Waals surface area contributed by atoms with Gasteiger partial charge < -0.3 is 4.74 Å². The van der Waals surface area contributed by atoms with E-state index in [1.807, 2.05) is 13.8 Å². The van der Waals surface area contributed by atoms with Gasteiger partial charge in [-0.25, -0.2) is 9.78 Å². The second-order valence-corrected chi connectivity index (χ2v) is 5.20. The Hall–Kier alpha value is -0.900. The van der Waals surface area contributed by atoms with Crippen LogP contribution in [0.15, 0.2) is 0 Å². The van der Waals surface area contributed by atoms with Crippen molar-refractivity contribution < 1.29 is 9.53 Å². The molecule has 0 bridgehead atoms. The number of carbonyl (C=O) groups excluding carboxylic acids is 1. The third-order valence-corrected chi connectivity index (χ3v) is 4.28. The molecule has 0 radical (unpaired) electrons. The Balaban J connectivity index is 2.17. The van der Waals surface area contributed by atoms with E-state index in [1.54, 1.807) is 0 Å². The number of carbonyl (C=O) groups is 1. The standard InChI is InChI=1S/C12H17NO2S/c1-3-15-12(14)10-8(2)13-11(16-10)9-6-4-5-7-9/h9H,3-7H2,1-2H3. The van der Waals surface area contributed by atoms with Crippen molar-refractivity contribution in [1.29, 1.82) is 0 Å². The molecule has 0 N–H and O–H groups in total. The molecule has 0 saturated heterocycles. The normalized spacial score (nSPS) is 16.6. The van der Waals surface area contributed by atoms with Crippen molar-refractivity contribution >= 4 is 17.3 Å². The van der Waals surface area contributed by atoms with E-state index in [0.717, 1.165) is 10.7 Å². The van der Waals surface area contributed by atoms with Gasteiger partial charge in [-0.3, -0.25) is 0 Å². The second kappa shape index (κ2) is 4.95. The van der Waals surface area contributed by atoms with Crippen molar-refractivity contribution in [2.24, 2.45) is 0 Å². The highest BCUT2D eigenvalue weighted by molar-refractivity contribution is 7.13. The van der Waals surface area contributed by atoms with Crippen LogP contribution in [0, 0.1) is 6.92 Å². The van der Waals surface area contributed by atoms with Gasteiger partial charge in [-0.1, -0.05) is 12.8 Å². The maximum absolute atomic E-state index is 11.6. The molecule has 0 spiro atoms. The molecule has 88 valence electrons. The SMILES string of the molecule is CCOC(=O)c1sc(C2CCCC2)nc1C. The van der Waals surface area contributed by atoms with Crippen LogP contribution in [0.3, 0.4) is 0 Å². The summed E-state index contributed by atoms with van der Waals surface area (Å²) in [5, 5.41) is 1.12. The highest BCUT2D eigenvalue weighted by Gasteiger charge is 2.24. The van der Waals surface area contributed by atoms with Crippen molar-refractivity contribution in [3.63, 3.8) is 0 Å².